The maximum absolute atomic E-state index is 10.5. The van der Waals surface area contributed by atoms with Crippen LogP contribution in [0.15, 0.2) is 77.4 Å². The lowest BCUT2D eigenvalue weighted by atomic mass is 9.63. The Labute approximate surface area is 184 Å². The number of allylic oxidation sites excluding steroid dienone is 7. The van der Waals surface area contributed by atoms with Crippen molar-refractivity contribution in [2.75, 3.05) is 0 Å². The van der Waals surface area contributed by atoms with Gasteiger partial charge in [-0.05, 0) is 56.1 Å². The third kappa shape index (κ3) is 4.00. The van der Waals surface area contributed by atoms with E-state index in [4.69, 9.17) is 9.73 Å². The quantitative estimate of drug-likeness (QED) is 0.628. The first-order chi connectivity index (χ1) is 15.1. The van der Waals surface area contributed by atoms with Gasteiger partial charge in [-0.3, -0.25) is 0 Å². The number of aromatic hydroxyl groups is 1. The van der Waals surface area contributed by atoms with Crippen LogP contribution in [-0.2, 0) is 4.74 Å². The summed E-state index contributed by atoms with van der Waals surface area (Å²) in [5, 5.41) is 17.3. The molecule has 31 heavy (non-hydrogen) atoms. The third-order valence-corrected chi connectivity index (χ3v) is 6.64. The average Bonchev–Trinajstić information content (AvgIpc) is 2.78. The van der Waals surface area contributed by atoms with Crippen molar-refractivity contribution >= 4 is 5.84 Å². The fourth-order valence-corrected chi connectivity index (χ4v) is 5.26. The number of aliphatic imine (C=N–C) groups is 1. The predicted molar refractivity (Wildman–Crippen MR) is 123 cm³/mol. The molecule has 3 aliphatic carbocycles. The summed E-state index contributed by atoms with van der Waals surface area (Å²) in [4.78, 5) is 5.03. The number of phenolic OH excluding ortho intramolecular Hbond substituents is 1. The number of nitrogens with one attached hydrogen (secondary N) is 2. The predicted octanol–water partition coefficient (Wildman–Crippen LogP) is 4.57. The SMILES string of the molecule is CC(C)OC1NC(C2=CC3CCC=CC3C3C=CC=CC23)=NC(c2ccccc2O)N1. The van der Waals surface area contributed by atoms with Crippen LogP contribution in [0.25, 0.3) is 0 Å². The molecular weight excluding hydrogens is 386 g/mol. The molecule has 0 saturated carbocycles. The molecule has 1 aromatic rings. The van der Waals surface area contributed by atoms with Gasteiger partial charge in [0.25, 0.3) is 0 Å². The van der Waals surface area contributed by atoms with Crippen molar-refractivity contribution in [2.45, 2.75) is 45.3 Å². The fourth-order valence-electron chi connectivity index (χ4n) is 5.26. The summed E-state index contributed by atoms with van der Waals surface area (Å²) in [7, 11) is 0. The van der Waals surface area contributed by atoms with Gasteiger partial charge in [0.05, 0.1) is 6.10 Å². The van der Waals surface area contributed by atoms with Gasteiger partial charge >= 0.3 is 0 Å². The molecule has 5 nitrogen and oxygen atoms in total. The topological polar surface area (TPSA) is 65.9 Å². The van der Waals surface area contributed by atoms with Gasteiger partial charge in [0.15, 0.2) is 6.35 Å². The summed E-state index contributed by atoms with van der Waals surface area (Å²) in [6.07, 6.45) is 17.7. The normalized spacial score (nSPS) is 33.9. The second kappa shape index (κ2) is 8.48. The Bertz CT molecular complexity index is 975. The van der Waals surface area contributed by atoms with E-state index in [9.17, 15) is 5.11 Å². The lowest BCUT2D eigenvalue weighted by Crippen LogP contribution is -2.54. The van der Waals surface area contributed by atoms with Crippen molar-refractivity contribution in [1.82, 2.24) is 10.6 Å². The van der Waals surface area contributed by atoms with E-state index in [1.54, 1.807) is 6.07 Å². The van der Waals surface area contributed by atoms with E-state index < -0.39 is 0 Å². The maximum atomic E-state index is 10.5. The molecule has 162 valence electrons. The molecule has 5 heteroatoms. The number of rotatable bonds is 4. The maximum Gasteiger partial charge on any atom is 0.187 e. The van der Waals surface area contributed by atoms with Gasteiger partial charge in [-0.2, -0.15) is 0 Å². The lowest BCUT2D eigenvalue weighted by molar-refractivity contribution is -0.0310. The highest BCUT2D eigenvalue weighted by Gasteiger charge is 2.40. The number of nitrogens with zero attached hydrogens (tertiary/aromatic N) is 1. The Kier molecular flexibility index (Phi) is 5.55. The largest absolute Gasteiger partial charge is 0.508 e. The van der Waals surface area contributed by atoms with E-state index in [1.807, 2.05) is 32.0 Å². The summed E-state index contributed by atoms with van der Waals surface area (Å²) in [5.41, 5.74) is 1.99. The van der Waals surface area contributed by atoms with Crippen molar-refractivity contribution in [3.05, 3.63) is 77.9 Å². The molecule has 6 unspecified atom stereocenters. The van der Waals surface area contributed by atoms with Crippen LogP contribution in [-0.4, -0.2) is 23.4 Å². The van der Waals surface area contributed by atoms with Crippen LogP contribution in [0.2, 0.25) is 0 Å². The molecule has 0 amide bonds. The van der Waals surface area contributed by atoms with Crippen molar-refractivity contribution in [1.29, 1.82) is 0 Å². The summed E-state index contributed by atoms with van der Waals surface area (Å²) in [6, 6.07) is 7.37. The molecule has 1 aliphatic heterocycles. The highest BCUT2D eigenvalue weighted by atomic mass is 16.5. The monoisotopic (exact) mass is 417 g/mol. The molecule has 0 fully saturated rings. The first kappa shape index (κ1) is 20.3. The van der Waals surface area contributed by atoms with E-state index in [1.165, 1.54) is 12.0 Å². The Morgan fingerprint density at radius 1 is 1.10 bits per heavy atom. The minimum Gasteiger partial charge on any atom is -0.508 e. The Balaban J connectivity index is 1.55. The first-order valence-corrected chi connectivity index (χ1v) is 11.4. The highest BCUT2D eigenvalue weighted by Crippen LogP contribution is 2.46. The number of benzene rings is 1. The van der Waals surface area contributed by atoms with Crippen molar-refractivity contribution in [3.8, 4) is 5.75 Å². The van der Waals surface area contributed by atoms with E-state index in [2.05, 4.69) is 53.2 Å². The summed E-state index contributed by atoms with van der Waals surface area (Å²) >= 11 is 0. The molecule has 4 aliphatic rings. The Morgan fingerprint density at radius 3 is 2.77 bits per heavy atom. The van der Waals surface area contributed by atoms with Gasteiger partial charge in [0, 0.05) is 11.5 Å². The molecule has 6 atom stereocenters. The van der Waals surface area contributed by atoms with E-state index >= 15 is 0 Å². The number of para-hydroxylation sites is 1. The van der Waals surface area contributed by atoms with Gasteiger partial charge in [-0.1, -0.05) is 60.7 Å². The molecule has 1 heterocycles. The standard InChI is InChI=1S/C26H31N3O2/c1-16(2)31-26-28-24(21-13-7-8-14-23(21)30)27-25(29-26)22-15-17-9-3-4-10-18(17)19-11-5-6-12-20(19)22/h4-8,10-20,24,26,28,30H,3,9H2,1-2H3,(H,27,29). The molecule has 0 bridgehead atoms. The second-order valence-electron chi connectivity index (χ2n) is 9.06. The van der Waals surface area contributed by atoms with Crippen LogP contribution in [0.5, 0.6) is 5.75 Å². The number of amidine groups is 1. The van der Waals surface area contributed by atoms with Crippen LogP contribution in [0.1, 0.15) is 38.4 Å². The minimum absolute atomic E-state index is 0.0489. The zero-order chi connectivity index (χ0) is 21.4. The lowest BCUT2D eigenvalue weighted by Gasteiger charge is -2.43. The van der Waals surface area contributed by atoms with Gasteiger partial charge in [-0.15, -0.1) is 0 Å². The molecule has 0 aromatic heterocycles. The number of hydrogen-bond acceptors (Lipinski definition) is 5. The molecule has 0 saturated heterocycles. The average molecular weight is 418 g/mol. The molecule has 5 rings (SSSR count). The Hall–Kier alpha value is -2.63. The van der Waals surface area contributed by atoms with E-state index in [0.29, 0.717) is 17.8 Å². The van der Waals surface area contributed by atoms with Crippen LogP contribution in [0, 0.1) is 23.7 Å². The number of ether oxygens (including phenoxy) is 1. The van der Waals surface area contributed by atoms with Gasteiger partial charge < -0.3 is 15.2 Å². The number of hydrogen-bond donors (Lipinski definition) is 3. The highest BCUT2D eigenvalue weighted by molar-refractivity contribution is 6.00. The second-order valence-corrected chi connectivity index (χ2v) is 9.06. The van der Waals surface area contributed by atoms with Gasteiger partial charge in [0.1, 0.15) is 17.8 Å². The zero-order valence-electron chi connectivity index (χ0n) is 18.1. The van der Waals surface area contributed by atoms with E-state index in [0.717, 1.165) is 17.8 Å². The first-order valence-electron chi connectivity index (χ1n) is 11.4. The fraction of sp³-hybridized carbons (Fsp3) is 0.423. The molecular formula is C26H31N3O2. The van der Waals surface area contributed by atoms with Crippen LogP contribution >= 0.6 is 0 Å². The van der Waals surface area contributed by atoms with Crippen molar-refractivity contribution < 1.29 is 9.84 Å². The molecule has 0 radical (unpaired) electrons. The van der Waals surface area contributed by atoms with E-state index in [-0.39, 0.29) is 30.3 Å². The van der Waals surface area contributed by atoms with Crippen molar-refractivity contribution in [2.24, 2.45) is 28.7 Å². The smallest absolute Gasteiger partial charge is 0.187 e. The third-order valence-electron chi connectivity index (χ3n) is 6.64. The Morgan fingerprint density at radius 2 is 1.94 bits per heavy atom. The van der Waals surface area contributed by atoms with Gasteiger partial charge in [-0.25, -0.2) is 10.3 Å². The molecule has 1 aromatic carbocycles. The number of fused-ring (bicyclic) bond motifs is 3. The van der Waals surface area contributed by atoms with Crippen molar-refractivity contribution in [3.63, 3.8) is 0 Å². The molecule has 0 spiro atoms. The number of phenols is 1. The molecule has 3 N–H and O–H groups in total. The van der Waals surface area contributed by atoms with Crippen LogP contribution < -0.4 is 10.6 Å². The van der Waals surface area contributed by atoms with Crippen LogP contribution in [0.4, 0.5) is 0 Å². The van der Waals surface area contributed by atoms with Crippen LogP contribution in [0.3, 0.4) is 0 Å². The summed E-state index contributed by atoms with van der Waals surface area (Å²) < 4.78 is 6.09. The minimum atomic E-state index is -0.386. The zero-order valence-corrected chi connectivity index (χ0v) is 18.1. The summed E-state index contributed by atoms with van der Waals surface area (Å²) in [5.74, 6) is 2.89. The summed E-state index contributed by atoms with van der Waals surface area (Å²) in [6.45, 7) is 4.04. The van der Waals surface area contributed by atoms with Gasteiger partial charge in [0.2, 0.25) is 0 Å².